The lowest BCUT2D eigenvalue weighted by Crippen LogP contribution is -2.26. The molecule has 19 heavy (non-hydrogen) atoms. The summed E-state index contributed by atoms with van der Waals surface area (Å²) < 4.78 is 1.53. The fourth-order valence-electron chi connectivity index (χ4n) is 1.59. The molecular weight excluding hydrogens is 264 g/mol. The maximum absolute atomic E-state index is 11.9. The summed E-state index contributed by atoms with van der Waals surface area (Å²) in [7, 11) is 0. The van der Waals surface area contributed by atoms with Gasteiger partial charge in [0.15, 0.2) is 5.13 Å². The molecule has 0 spiro atoms. The second-order valence-electron chi connectivity index (χ2n) is 3.90. The minimum atomic E-state index is -0.299. The van der Waals surface area contributed by atoms with Gasteiger partial charge in [-0.2, -0.15) is 0 Å². The molecule has 0 radical (unpaired) electrons. The maximum atomic E-state index is 11.9. The van der Waals surface area contributed by atoms with Gasteiger partial charge in [0.25, 0.3) is 11.5 Å². The molecule has 1 amide bonds. The van der Waals surface area contributed by atoms with Gasteiger partial charge in [-0.05, 0) is 13.0 Å². The number of nitrogens with two attached hydrogens (primary N) is 1. The van der Waals surface area contributed by atoms with Crippen LogP contribution in [0.25, 0.3) is 0 Å². The van der Waals surface area contributed by atoms with E-state index in [0.29, 0.717) is 29.5 Å². The Morgan fingerprint density at radius 1 is 1.58 bits per heavy atom. The van der Waals surface area contributed by atoms with Crippen LogP contribution in [-0.2, 0) is 13.1 Å². The van der Waals surface area contributed by atoms with E-state index in [1.54, 1.807) is 17.6 Å². The lowest BCUT2D eigenvalue weighted by atomic mass is 10.2. The lowest BCUT2D eigenvalue weighted by Gasteiger charge is -2.05. The van der Waals surface area contributed by atoms with Crippen LogP contribution in [0, 0.1) is 0 Å². The molecule has 2 rings (SSSR count). The zero-order chi connectivity index (χ0) is 13.8. The monoisotopic (exact) mass is 278 g/mol. The summed E-state index contributed by atoms with van der Waals surface area (Å²) in [6, 6.07) is 2.95. The van der Waals surface area contributed by atoms with E-state index in [1.165, 1.54) is 22.0 Å². The number of nitrogens with zero attached hydrogens (tertiary/aromatic N) is 2. The summed E-state index contributed by atoms with van der Waals surface area (Å²) in [6.07, 6.45) is 1.61. The quantitative estimate of drug-likeness (QED) is 0.867. The predicted molar refractivity (Wildman–Crippen MR) is 74.1 cm³/mol. The Balaban J connectivity index is 2.04. The van der Waals surface area contributed by atoms with Gasteiger partial charge in [0, 0.05) is 29.8 Å². The van der Waals surface area contributed by atoms with Crippen molar-refractivity contribution in [3.8, 4) is 0 Å². The second kappa shape index (κ2) is 5.66. The number of nitrogens with one attached hydrogen (secondary N) is 1. The van der Waals surface area contributed by atoms with E-state index in [9.17, 15) is 9.59 Å². The van der Waals surface area contributed by atoms with Gasteiger partial charge < -0.3 is 15.6 Å². The minimum Gasteiger partial charge on any atom is -0.375 e. The van der Waals surface area contributed by atoms with E-state index in [0.717, 1.165) is 0 Å². The third-order valence-electron chi connectivity index (χ3n) is 2.60. The van der Waals surface area contributed by atoms with Crippen LogP contribution < -0.4 is 16.6 Å². The van der Waals surface area contributed by atoms with Gasteiger partial charge >= 0.3 is 0 Å². The van der Waals surface area contributed by atoms with Gasteiger partial charge in [0.2, 0.25) is 0 Å². The number of anilines is 1. The molecule has 2 aromatic rings. The molecule has 0 bridgehead atoms. The number of thiazole rings is 1. The summed E-state index contributed by atoms with van der Waals surface area (Å²) in [4.78, 5) is 27.5. The molecule has 0 aliphatic carbocycles. The van der Waals surface area contributed by atoms with Crippen molar-refractivity contribution in [2.24, 2.45) is 0 Å². The van der Waals surface area contributed by atoms with Crippen molar-refractivity contribution in [2.75, 3.05) is 5.73 Å². The van der Waals surface area contributed by atoms with Crippen LogP contribution >= 0.6 is 11.3 Å². The first-order valence-electron chi connectivity index (χ1n) is 5.78. The van der Waals surface area contributed by atoms with Crippen molar-refractivity contribution < 1.29 is 4.79 Å². The molecule has 0 saturated heterocycles. The Hall–Kier alpha value is -2.15. The Morgan fingerprint density at radius 3 is 2.95 bits per heavy atom. The van der Waals surface area contributed by atoms with Gasteiger partial charge in [0.05, 0.1) is 12.2 Å². The SMILES string of the molecule is CCn1ccc(C(=O)NCc2csc(N)n2)cc1=O. The van der Waals surface area contributed by atoms with Crippen molar-refractivity contribution in [2.45, 2.75) is 20.0 Å². The molecule has 100 valence electrons. The number of carbonyl (C=O) groups excluding carboxylic acids is 1. The molecule has 0 saturated carbocycles. The highest BCUT2D eigenvalue weighted by Gasteiger charge is 2.08. The van der Waals surface area contributed by atoms with Crippen molar-refractivity contribution in [3.63, 3.8) is 0 Å². The number of aromatic nitrogens is 2. The Bertz CT molecular complexity index is 647. The van der Waals surface area contributed by atoms with Crippen LogP contribution in [-0.4, -0.2) is 15.5 Å². The van der Waals surface area contributed by atoms with Crippen molar-refractivity contribution in [3.05, 3.63) is 45.3 Å². The summed E-state index contributed by atoms with van der Waals surface area (Å²) in [5.41, 5.74) is 6.36. The molecule has 0 fully saturated rings. The third kappa shape index (κ3) is 3.19. The summed E-state index contributed by atoms with van der Waals surface area (Å²) in [6.45, 7) is 2.75. The van der Waals surface area contributed by atoms with Crippen LogP contribution in [0.4, 0.5) is 5.13 Å². The van der Waals surface area contributed by atoms with Gasteiger partial charge in [0.1, 0.15) is 0 Å². The lowest BCUT2D eigenvalue weighted by molar-refractivity contribution is 0.0950. The first-order valence-corrected chi connectivity index (χ1v) is 6.66. The molecule has 2 heterocycles. The molecule has 2 aromatic heterocycles. The average molecular weight is 278 g/mol. The normalized spacial score (nSPS) is 10.4. The van der Waals surface area contributed by atoms with Crippen molar-refractivity contribution in [1.82, 2.24) is 14.9 Å². The molecule has 0 aliphatic rings. The maximum Gasteiger partial charge on any atom is 0.251 e. The van der Waals surface area contributed by atoms with Crippen LogP contribution in [0.15, 0.2) is 28.5 Å². The average Bonchev–Trinajstić information content (AvgIpc) is 2.81. The fourth-order valence-corrected chi connectivity index (χ4v) is 2.15. The molecule has 0 atom stereocenters. The van der Waals surface area contributed by atoms with E-state index in [4.69, 9.17) is 5.73 Å². The number of aryl methyl sites for hydroxylation is 1. The van der Waals surface area contributed by atoms with Crippen LogP contribution in [0.5, 0.6) is 0 Å². The fraction of sp³-hybridized carbons (Fsp3) is 0.250. The van der Waals surface area contributed by atoms with Crippen LogP contribution in [0.1, 0.15) is 23.0 Å². The Morgan fingerprint density at radius 2 is 2.37 bits per heavy atom. The minimum absolute atomic E-state index is 0.187. The molecular formula is C12H14N4O2S. The highest BCUT2D eigenvalue weighted by molar-refractivity contribution is 7.13. The number of hydrogen-bond donors (Lipinski definition) is 2. The molecule has 3 N–H and O–H groups in total. The number of pyridine rings is 1. The Kier molecular flexibility index (Phi) is 3.96. The number of carbonyl (C=O) groups is 1. The number of amides is 1. The first kappa shape index (κ1) is 13.3. The zero-order valence-corrected chi connectivity index (χ0v) is 11.2. The number of rotatable bonds is 4. The van der Waals surface area contributed by atoms with E-state index in [1.807, 2.05) is 6.92 Å². The van der Waals surface area contributed by atoms with Gasteiger partial charge in [-0.1, -0.05) is 0 Å². The van der Waals surface area contributed by atoms with Gasteiger partial charge in [-0.3, -0.25) is 9.59 Å². The molecule has 7 heteroatoms. The van der Waals surface area contributed by atoms with Gasteiger partial charge in [-0.15, -0.1) is 11.3 Å². The molecule has 0 unspecified atom stereocenters. The number of nitrogen functional groups attached to an aromatic ring is 1. The van der Waals surface area contributed by atoms with Gasteiger partial charge in [-0.25, -0.2) is 4.98 Å². The number of hydrogen-bond acceptors (Lipinski definition) is 5. The largest absolute Gasteiger partial charge is 0.375 e. The van der Waals surface area contributed by atoms with E-state index in [2.05, 4.69) is 10.3 Å². The highest BCUT2D eigenvalue weighted by atomic mass is 32.1. The summed E-state index contributed by atoms with van der Waals surface area (Å²) in [5, 5.41) is 4.94. The van der Waals surface area contributed by atoms with Crippen LogP contribution in [0.2, 0.25) is 0 Å². The van der Waals surface area contributed by atoms with E-state index in [-0.39, 0.29) is 11.5 Å². The molecule has 0 aliphatic heterocycles. The Labute approximate surface area is 113 Å². The second-order valence-corrected chi connectivity index (χ2v) is 4.79. The predicted octanol–water partition coefficient (Wildman–Crippen LogP) is 0.837. The highest BCUT2D eigenvalue weighted by Crippen LogP contribution is 2.10. The van der Waals surface area contributed by atoms with Crippen molar-refractivity contribution in [1.29, 1.82) is 0 Å². The van der Waals surface area contributed by atoms with Crippen LogP contribution in [0.3, 0.4) is 0 Å². The molecule has 0 aromatic carbocycles. The first-order chi connectivity index (χ1) is 9.10. The standard InChI is InChI=1S/C12H14N4O2S/c1-2-16-4-3-8(5-10(16)17)11(18)14-6-9-7-19-12(13)15-9/h3-5,7H,2,6H2,1H3,(H2,13,15)(H,14,18). The topological polar surface area (TPSA) is 90.0 Å². The summed E-state index contributed by atoms with van der Waals surface area (Å²) >= 11 is 1.32. The third-order valence-corrected chi connectivity index (χ3v) is 3.32. The smallest absolute Gasteiger partial charge is 0.251 e. The molecule has 6 nitrogen and oxygen atoms in total. The van der Waals surface area contributed by atoms with Crippen molar-refractivity contribution >= 4 is 22.4 Å². The van der Waals surface area contributed by atoms with E-state index >= 15 is 0 Å². The summed E-state index contributed by atoms with van der Waals surface area (Å²) in [5.74, 6) is -0.299. The zero-order valence-electron chi connectivity index (χ0n) is 10.4. The van der Waals surface area contributed by atoms with E-state index < -0.39 is 0 Å².